The molecule has 2 aromatic rings. The van der Waals surface area contributed by atoms with Gasteiger partial charge in [0.05, 0.1) is 5.56 Å². The molecule has 0 saturated heterocycles. The number of rotatable bonds is 3. The van der Waals surface area contributed by atoms with Crippen molar-refractivity contribution in [2.75, 3.05) is 0 Å². The summed E-state index contributed by atoms with van der Waals surface area (Å²) in [6, 6.07) is 9.02. The van der Waals surface area contributed by atoms with E-state index in [0.717, 1.165) is 0 Å². The van der Waals surface area contributed by atoms with E-state index in [1.165, 1.54) is 18.2 Å². The van der Waals surface area contributed by atoms with E-state index in [1.807, 2.05) is 0 Å². The third kappa shape index (κ3) is 3.33. The van der Waals surface area contributed by atoms with E-state index >= 15 is 0 Å². The molecule has 0 saturated carbocycles. The Morgan fingerprint density at radius 2 is 1.63 bits per heavy atom. The molecule has 98 valence electrons. The summed E-state index contributed by atoms with van der Waals surface area (Å²) < 4.78 is 20.4. The van der Waals surface area contributed by atoms with Crippen LogP contribution in [0.3, 0.4) is 0 Å². The molecule has 0 radical (unpaired) electrons. The van der Waals surface area contributed by atoms with E-state index in [0.29, 0.717) is 8.95 Å². The molecule has 0 aliphatic carbocycles. The van der Waals surface area contributed by atoms with Crippen molar-refractivity contribution in [3.05, 3.63) is 56.7 Å². The molecule has 0 unspecified atom stereocenters. The second kappa shape index (κ2) is 5.71. The average molecular weight is 389 g/mol. The van der Waals surface area contributed by atoms with Crippen molar-refractivity contribution in [3.63, 3.8) is 0 Å². The summed E-state index contributed by atoms with van der Waals surface area (Å²) >= 11 is 6.48. The Labute approximate surface area is 125 Å². The smallest absolute Gasteiger partial charge is 0.252 e. The molecule has 1 amide bonds. The first-order valence-electron chi connectivity index (χ1n) is 5.19. The van der Waals surface area contributed by atoms with E-state index in [4.69, 9.17) is 10.5 Å². The molecule has 0 aliphatic rings. The molecule has 3 nitrogen and oxygen atoms in total. The highest BCUT2D eigenvalue weighted by molar-refractivity contribution is 9.10. The predicted molar refractivity (Wildman–Crippen MR) is 76.8 cm³/mol. The van der Waals surface area contributed by atoms with E-state index in [2.05, 4.69) is 31.9 Å². The van der Waals surface area contributed by atoms with Crippen LogP contribution in [0.1, 0.15) is 10.4 Å². The number of benzene rings is 2. The number of amides is 1. The van der Waals surface area contributed by atoms with Gasteiger partial charge in [-0.15, -0.1) is 0 Å². The van der Waals surface area contributed by atoms with Gasteiger partial charge in [-0.25, -0.2) is 4.39 Å². The van der Waals surface area contributed by atoms with Gasteiger partial charge in [-0.05, 0) is 36.4 Å². The Balaban J connectivity index is 2.45. The molecule has 0 fully saturated rings. The van der Waals surface area contributed by atoms with Crippen LogP contribution in [0.25, 0.3) is 0 Å². The fourth-order valence-electron chi connectivity index (χ4n) is 1.46. The van der Waals surface area contributed by atoms with Crippen LogP contribution in [0.5, 0.6) is 11.5 Å². The van der Waals surface area contributed by atoms with Crippen molar-refractivity contribution in [1.82, 2.24) is 0 Å². The minimum atomic E-state index is -0.641. The second-order valence-electron chi connectivity index (χ2n) is 3.68. The lowest BCUT2D eigenvalue weighted by Crippen LogP contribution is -2.12. The maximum atomic E-state index is 13.6. The Morgan fingerprint density at radius 1 is 1.05 bits per heavy atom. The Kier molecular flexibility index (Phi) is 4.21. The lowest BCUT2D eigenvalue weighted by molar-refractivity contribution is 0.0998. The Bertz CT molecular complexity index is 647. The van der Waals surface area contributed by atoms with Crippen molar-refractivity contribution in [2.24, 2.45) is 5.73 Å². The molecule has 6 heteroatoms. The van der Waals surface area contributed by atoms with Gasteiger partial charge < -0.3 is 10.5 Å². The number of primary amides is 1. The molecule has 0 aromatic heterocycles. The van der Waals surface area contributed by atoms with Crippen molar-refractivity contribution in [2.45, 2.75) is 0 Å². The lowest BCUT2D eigenvalue weighted by atomic mass is 10.2. The van der Waals surface area contributed by atoms with Crippen LogP contribution >= 0.6 is 31.9 Å². The largest absolute Gasteiger partial charge is 0.453 e. The lowest BCUT2D eigenvalue weighted by Gasteiger charge is -2.10. The number of nitrogens with two attached hydrogens (primary N) is 1. The molecule has 0 aliphatic heterocycles. The van der Waals surface area contributed by atoms with E-state index in [1.54, 1.807) is 18.2 Å². The summed E-state index contributed by atoms with van der Waals surface area (Å²) in [5.74, 6) is -0.967. The molecule has 0 heterocycles. The predicted octanol–water partition coefficient (Wildman–Crippen LogP) is 4.24. The maximum Gasteiger partial charge on any atom is 0.252 e. The maximum absolute atomic E-state index is 13.6. The fourth-order valence-corrected chi connectivity index (χ4v) is 2.14. The third-order valence-electron chi connectivity index (χ3n) is 2.32. The summed E-state index contributed by atoms with van der Waals surface area (Å²) in [4.78, 5) is 11.3. The summed E-state index contributed by atoms with van der Waals surface area (Å²) in [6.45, 7) is 0. The number of halogens is 3. The van der Waals surface area contributed by atoms with Crippen LogP contribution < -0.4 is 10.5 Å². The number of carbonyl (C=O) groups excluding carboxylic acids is 1. The first-order valence-corrected chi connectivity index (χ1v) is 6.78. The first kappa shape index (κ1) is 14.0. The molecule has 2 N–H and O–H groups in total. The molecule has 19 heavy (non-hydrogen) atoms. The van der Waals surface area contributed by atoms with E-state index < -0.39 is 11.7 Å². The van der Waals surface area contributed by atoms with Crippen LogP contribution in [0.2, 0.25) is 0 Å². The zero-order chi connectivity index (χ0) is 14.0. The highest BCUT2D eigenvalue weighted by Gasteiger charge is 2.13. The molecule has 2 aromatic carbocycles. The number of hydrogen-bond donors (Lipinski definition) is 1. The van der Waals surface area contributed by atoms with Gasteiger partial charge >= 0.3 is 0 Å². The van der Waals surface area contributed by atoms with Gasteiger partial charge in [0.25, 0.3) is 5.91 Å². The zero-order valence-corrected chi connectivity index (χ0v) is 12.7. The van der Waals surface area contributed by atoms with E-state index in [9.17, 15) is 9.18 Å². The Morgan fingerprint density at radius 3 is 2.26 bits per heavy atom. The molecule has 0 bridgehead atoms. The second-order valence-corrected chi connectivity index (χ2v) is 5.51. The quantitative estimate of drug-likeness (QED) is 0.854. The first-order chi connectivity index (χ1) is 8.97. The van der Waals surface area contributed by atoms with Crippen LogP contribution in [0.15, 0.2) is 45.3 Å². The van der Waals surface area contributed by atoms with Gasteiger partial charge in [0.2, 0.25) is 0 Å². The van der Waals surface area contributed by atoms with Gasteiger partial charge in [-0.1, -0.05) is 31.9 Å². The van der Waals surface area contributed by atoms with Gasteiger partial charge in [0.1, 0.15) is 5.75 Å². The summed E-state index contributed by atoms with van der Waals surface area (Å²) in [5, 5.41) is 0. The van der Waals surface area contributed by atoms with Crippen LogP contribution in [0, 0.1) is 5.82 Å². The minimum absolute atomic E-state index is 0.00924. The van der Waals surface area contributed by atoms with E-state index in [-0.39, 0.29) is 17.1 Å². The van der Waals surface area contributed by atoms with Gasteiger partial charge in [0, 0.05) is 8.95 Å². The zero-order valence-electron chi connectivity index (χ0n) is 9.49. The molecule has 0 spiro atoms. The van der Waals surface area contributed by atoms with Gasteiger partial charge in [-0.3, -0.25) is 4.79 Å². The van der Waals surface area contributed by atoms with Gasteiger partial charge in [0.15, 0.2) is 11.6 Å². The van der Waals surface area contributed by atoms with Gasteiger partial charge in [-0.2, -0.15) is 0 Å². The summed E-state index contributed by atoms with van der Waals surface area (Å²) in [6.07, 6.45) is 0. The standard InChI is InChI=1S/C13H8Br2FNO2/c14-7-1-3-9(13(17)18)11(5-7)19-12-6-8(15)2-4-10(12)16/h1-6H,(H2,17,18). The van der Waals surface area contributed by atoms with Crippen LogP contribution in [0.4, 0.5) is 4.39 Å². The number of carbonyl (C=O) groups is 1. The number of hydrogen-bond acceptors (Lipinski definition) is 2. The molecular weight excluding hydrogens is 381 g/mol. The fraction of sp³-hybridized carbons (Fsp3) is 0. The Hall–Kier alpha value is -1.40. The van der Waals surface area contributed by atoms with Crippen LogP contribution in [-0.2, 0) is 0 Å². The third-order valence-corrected chi connectivity index (χ3v) is 3.31. The normalized spacial score (nSPS) is 10.3. The monoisotopic (exact) mass is 387 g/mol. The van der Waals surface area contributed by atoms with Crippen molar-refractivity contribution in [1.29, 1.82) is 0 Å². The average Bonchev–Trinajstić information content (AvgIpc) is 2.33. The molecular formula is C13H8Br2FNO2. The highest BCUT2D eigenvalue weighted by Crippen LogP contribution is 2.31. The summed E-state index contributed by atoms with van der Waals surface area (Å²) in [7, 11) is 0. The highest BCUT2D eigenvalue weighted by atomic mass is 79.9. The molecule has 2 rings (SSSR count). The molecule has 0 atom stereocenters. The van der Waals surface area contributed by atoms with Crippen molar-refractivity contribution >= 4 is 37.8 Å². The van der Waals surface area contributed by atoms with Crippen molar-refractivity contribution in [3.8, 4) is 11.5 Å². The number of ether oxygens (including phenoxy) is 1. The topological polar surface area (TPSA) is 52.3 Å². The van der Waals surface area contributed by atoms with Crippen molar-refractivity contribution < 1.29 is 13.9 Å². The van der Waals surface area contributed by atoms with Crippen LogP contribution in [-0.4, -0.2) is 5.91 Å². The SMILES string of the molecule is NC(=O)c1ccc(Br)cc1Oc1cc(Br)ccc1F. The summed E-state index contributed by atoms with van der Waals surface area (Å²) in [5.41, 5.74) is 5.43. The minimum Gasteiger partial charge on any atom is -0.453 e.